The molecule has 15 nitrogen and oxygen atoms in total. The first-order chi connectivity index (χ1) is 46.8. The topological polar surface area (TPSA) is 187 Å². The third-order valence-corrected chi connectivity index (χ3v) is 14.7. The van der Waals surface area contributed by atoms with Crippen LogP contribution in [-0.4, -0.2) is 91.2 Å². The van der Waals surface area contributed by atoms with Crippen molar-refractivity contribution in [3.8, 4) is 51.2 Å². The molecular formula is C79H78FN3O12. The lowest BCUT2D eigenvalue weighted by atomic mass is 10.1. The number of ether oxygens (including phenoxy) is 6. The molecule has 3 aromatic heterocycles. The highest BCUT2D eigenvalue weighted by molar-refractivity contribution is 5.80. The Hall–Kier alpha value is -10.3. The van der Waals surface area contributed by atoms with Crippen molar-refractivity contribution < 1.29 is 46.1 Å². The average molecular weight is 1280 g/mol. The first kappa shape index (κ1) is 69.1. The third kappa shape index (κ3) is 21.9. The number of rotatable bonds is 29. The van der Waals surface area contributed by atoms with Gasteiger partial charge in [-0.3, -0.25) is 23.7 Å². The second-order valence-corrected chi connectivity index (χ2v) is 21.5. The number of fused-ring (bicyclic) bond motifs is 3. The summed E-state index contributed by atoms with van der Waals surface area (Å²) in [5, 5.41) is 5.10. The Morgan fingerprint density at radius 3 is 1.06 bits per heavy atom. The molecule has 95 heavy (non-hydrogen) atoms. The molecule has 0 fully saturated rings. The summed E-state index contributed by atoms with van der Waals surface area (Å²) in [6, 6.07) is 80.1. The summed E-state index contributed by atoms with van der Waals surface area (Å²) >= 11 is 0. The molecule has 0 saturated carbocycles. The zero-order valence-corrected chi connectivity index (χ0v) is 53.2. The molecule has 0 radical (unpaired) electrons. The normalized spacial score (nSPS) is 10.9. The fourth-order valence-corrected chi connectivity index (χ4v) is 9.99. The molecular weight excluding hydrogens is 1200 g/mol. The van der Waals surface area contributed by atoms with E-state index < -0.39 is 0 Å². The summed E-state index contributed by atoms with van der Waals surface area (Å²) in [6.07, 6.45) is 0. The van der Waals surface area contributed by atoms with Crippen molar-refractivity contribution in [2.75, 3.05) is 86.3 Å². The van der Waals surface area contributed by atoms with E-state index in [1.165, 1.54) is 34.9 Å². The number of nitrogens with zero attached hydrogens (tertiary/aromatic N) is 1. The molecule has 488 valence electrons. The van der Waals surface area contributed by atoms with E-state index in [1.54, 1.807) is 36.4 Å². The molecule has 0 aliphatic rings. The van der Waals surface area contributed by atoms with Crippen molar-refractivity contribution in [3.05, 3.63) is 302 Å². The number of alkyl halides is 1. The lowest BCUT2D eigenvalue weighted by Crippen LogP contribution is -2.27. The van der Waals surface area contributed by atoms with Crippen molar-refractivity contribution in [2.45, 2.75) is 19.6 Å². The zero-order chi connectivity index (χ0) is 66.1. The van der Waals surface area contributed by atoms with E-state index in [-0.39, 0.29) is 16.3 Å². The van der Waals surface area contributed by atoms with Gasteiger partial charge < -0.3 is 52.7 Å². The maximum atomic E-state index is 12.4. The van der Waals surface area contributed by atoms with Crippen LogP contribution in [-0.2, 0) is 33.8 Å². The number of nitrogens with two attached hydrogens (primary N) is 1. The number of hydrogen-bond acceptors (Lipinski definition) is 15. The number of hydrogen-bond donors (Lipinski definition) is 2. The van der Waals surface area contributed by atoms with Crippen LogP contribution >= 0.6 is 0 Å². The van der Waals surface area contributed by atoms with Gasteiger partial charge in [-0.05, 0) is 126 Å². The monoisotopic (exact) mass is 1280 g/mol. The van der Waals surface area contributed by atoms with Crippen molar-refractivity contribution in [2.24, 2.45) is 5.73 Å². The summed E-state index contributed by atoms with van der Waals surface area (Å²) in [5.41, 5.74) is 13.3. The van der Waals surface area contributed by atoms with Gasteiger partial charge in [0.25, 0.3) is 0 Å². The van der Waals surface area contributed by atoms with Gasteiger partial charge >= 0.3 is 0 Å². The minimum Gasteiger partial charge on any atom is -0.491 e. The van der Waals surface area contributed by atoms with E-state index in [9.17, 15) is 18.8 Å². The fraction of sp³-hybridized carbons (Fsp3) is 0.203. The summed E-state index contributed by atoms with van der Waals surface area (Å²) in [7, 11) is 0.500. The Balaban J connectivity index is 0.000000169. The highest BCUT2D eigenvalue weighted by Crippen LogP contribution is 2.28. The standard InChI is InChI=1S/C33H31NO4.C26H25NO4.C19H19NO4.CH3F/c35-31-23-33(38-32-14-8-7-13-30(31)32)28-15-17-29(18-16-28)37-22-21-36-20-19-34(24-26-9-3-1-4-10-26)25-27-11-5-2-6-12-27;28-24-18-26(31-25-9-5-4-8-23(24)25)21-10-12-22(13-11-21)30-17-16-29-15-14-27-19-20-6-2-1-3-7-20;20-9-10-22-11-12-23-15-7-5-14(6-8-15)19-13-17(21)16-3-1-2-4-18(16)24-19;1-2/h1-18,23H,19-22,24-25H2;1-13,18,27H,14-17,19H2;1-8,13H,9-12,20H2;1H3. The van der Waals surface area contributed by atoms with E-state index in [0.29, 0.717) is 123 Å². The molecule has 0 saturated heterocycles. The van der Waals surface area contributed by atoms with E-state index in [4.69, 9.17) is 47.4 Å². The van der Waals surface area contributed by atoms with Gasteiger partial charge in [0.15, 0.2) is 16.3 Å². The third-order valence-electron chi connectivity index (χ3n) is 14.7. The maximum absolute atomic E-state index is 12.4. The van der Waals surface area contributed by atoms with Crippen LogP contribution in [0.1, 0.15) is 16.7 Å². The summed E-state index contributed by atoms with van der Waals surface area (Å²) in [5.74, 6) is 3.85. The van der Waals surface area contributed by atoms with Gasteiger partial charge in [-0.1, -0.05) is 127 Å². The van der Waals surface area contributed by atoms with Gasteiger partial charge in [0.1, 0.15) is 71.1 Å². The summed E-state index contributed by atoms with van der Waals surface area (Å²) in [6.45, 7) is 9.43. The molecule has 0 atom stereocenters. The molecule has 3 N–H and O–H groups in total. The van der Waals surface area contributed by atoms with Crippen LogP contribution in [0.2, 0.25) is 0 Å². The van der Waals surface area contributed by atoms with E-state index in [0.717, 1.165) is 66.7 Å². The van der Waals surface area contributed by atoms with Crippen molar-refractivity contribution >= 4 is 32.9 Å². The molecule has 3 heterocycles. The minimum absolute atomic E-state index is 0.0485. The first-order valence-corrected chi connectivity index (χ1v) is 31.5. The quantitative estimate of drug-likeness (QED) is 0.0421. The number of para-hydroxylation sites is 3. The van der Waals surface area contributed by atoms with Gasteiger partial charge in [0.05, 0.1) is 63.0 Å². The molecule has 0 spiro atoms. The van der Waals surface area contributed by atoms with E-state index in [1.807, 2.05) is 140 Å². The molecule has 9 aromatic carbocycles. The van der Waals surface area contributed by atoms with Crippen LogP contribution < -0.4 is 41.5 Å². The van der Waals surface area contributed by atoms with E-state index in [2.05, 4.69) is 70.9 Å². The number of benzene rings is 9. The van der Waals surface area contributed by atoms with Gasteiger partial charge in [-0.15, -0.1) is 0 Å². The average Bonchev–Trinajstić information content (AvgIpc) is 0.882. The number of nitrogens with one attached hydrogen (secondary N) is 1. The van der Waals surface area contributed by atoms with Gasteiger partial charge in [0, 0.05) is 74.2 Å². The van der Waals surface area contributed by atoms with Gasteiger partial charge in [-0.2, -0.15) is 0 Å². The Labute approximate surface area is 551 Å². The largest absolute Gasteiger partial charge is 0.491 e. The molecule has 12 aromatic rings. The minimum atomic E-state index is -0.0516. The maximum Gasteiger partial charge on any atom is 0.193 e. The van der Waals surface area contributed by atoms with Crippen LogP contribution in [0.3, 0.4) is 0 Å². The van der Waals surface area contributed by atoms with Crippen LogP contribution in [0.4, 0.5) is 4.39 Å². The molecule has 0 unspecified atom stereocenters. The Kier molecular flexibility index (Phi) is 27.6. The highest BCUT2D eigenvalue weighted by Gasteiger charge is 2.12. The Morgan fingerprint density at radius 2 is 0.695 bits per heavy atom. The van der Waals surface area contributed by atoms with Gasteiger partial charge in [0.2, 0.25) is 0 Å². The van der Waals surface area contributed by atoms with E-state index >= 15 is 0 Å². The zero-order valence-electron chi connectivity index (χ0n) is 53.2. The van der Waals surface area contributed by atoms with Crippen molar-refractivity contribution in [1.82, 2.24) is 10.2 Å². The summed E-state index contributed by atoms with van der Waals surface area (Å²) < 4.78 is 61.0. The first-order valence-electron chi connectivity index (χ1n) is 31.5. The highest BCUT2D eigenvalue weighted by atomic mass is 19.1. The molecule has 12 rings (SSSR count). The molecule has 0 aliphatic carbocycles. The Morgan fingerprint density at radius 1 is 0.368 bits per heavy atom. The van der Waals surface area contributed by atoms with Gasteiger partial charge in [-0.25, -0.2) is 0 Å². The van der Waals surface area contributed by atoms with Crippen LogP contribution in [0.15, 0.2) is 282 Å². The SMILES string of the molecule is CF.NCCOCCOc1ccc(-c2cc(=O)c3ccccc3o2)cc1.O=c1cc(-c2ccc(OCCOCCN(Cc3ccccc3)Cc3ccccc3)cc2)oc2ccccc12.O=c1cc(-c2ccc(OCCOCCNCc3ccccc3)cc2)oc2ccccc12. The second kappa shape index (κ2) is 38.0. The molecule has 0 aliphatic heterocycles. The van der Waals surface area contributed by atoms with Crippen LogP contribution in [0.5, 0.6) is 17.2 Å². The Bertz CT molecular complexity index is 4340. The molecule has 0 amide bonds. The van der Waals surface area contributed by atoms with Crippen LogP contribution in [0, 0.1) is 0 Å². The smallest absolute Gasteiger partial charge is 0.193 e. The molecule has 16 heteroatoms. The predicted octanol–water partition coefficient (Wildman–Crippen LogP) is 14.6. The van der Waals surface area contributed by atoms with Crippen molar-refractivity contribution in [3.63, 3.8) is 0 Å². The predicted molar refractivity (Wildman–Crippen MR) is 374 cm³/mol. The van der Waals surface area contributed by atoms with Crippen LogP contribution in [0.25, 0.3) is 66.9 Å². The lowest BCUT2D eigenvalue weighted by molar-refractivity contribution is 0.0760. The van der Waals surface area contributed by atoms with Crippen molar-refractivity contribution in [1.29, 1.82) is 0 Å². The summed E-state index contributed by atoms with van der Waals surface area (Å²) in [4.78, 5) is 39.2. The number of halogens is 1. The second-order valence-electron chi connectivity index (χ2n) is 21.5. The molecule has 0 bridgehead atoms. The lowest BCUT2D eigenvalue weighted by Gasteiger charge is -2.22. The fourth-order valence-electron chi connectivity index (χ4n) is 9.99.